The fraction of sp³-hybridized carbons (Fsp3) is 0.167. The van der Waals surface area contributed by atoms with Crippen LogP contribution in [0.1, 0.15) is 16.3 Å². The van der Waals surface area contributed by atoms with E-state index in [0.717, 1.165) is 15.9 Å². The number of thiazole rings is 1. The minimum atomic E-state index is -0.842. The SMILES string of the molecule is O=C(O)Cc1csc(Cc2ccc(Br)cc2)n1. The average Bonchev–Trinajstić information content (AvgIpc) is 2.68. The molecule has 0 aliphatic heterocycles. The molecule has 1 aromatic carbocycles. The van der Waals surface area contributed by atoms with Gasteiger partial charge in [0.1, 0.15) is 0 Å². The van der Waals surface area contributed by atoms with Crippen LogP contribution in [0.5, 0.6) is 0 Å². The average molecular weight is 312 g/mol. The largest absolute Gasteiger partial charge is 0.481 e. The van der Waals surface area contributed by atoms with Crippen LogP contribution in [0.3, 0.4) is 0 Å². The van der Waals surface area contributed by atoms with Gasteiger partial charge in [0.05, 0.1) is 17.1 Å². The van der Waals surface area contributed by atoms with E-state index in [2.05, 4.69) is 20.9 Å². The summed E-state index contributed by atoms with van der Waals surface area (Å²) in [5, 5.41) is 11.4. The molecule has 0 aliphatic rings. The molecule has 0 amide bonds. The number of carboxylic acids is 1. The summed E-state index contributed by atoms with van der Waals surface area (Å²) in [5.41, 5.74) is 1.80. The number of aromatic nitrogens is 1. The number of aliphatic carboxylic acids is 1. The van der Waals surface area contributed by atoms with E-state index in [-0.39, 0.29) is 6.42 Å². The molecule has 0 spiro atoms. The highest BCUT2D eigenvalue weighted by atomic mass is 79.9. The van der Waals surface area contributed by atoms with Crippen molar-refractivity contribution in [2.45, 2.75) is 12.8 Å². The lowest BCUT2D eigenvalue weighted by molar-refractivity contribution is -0.136. The Balaban J connectivity index is 2.06. The molecule has 0 fully saturated rings. The summed E-state index contributed by atoms with van der Waals surface area (Å²) in [4.78, 5) is 14.8. The molecule has 0 saturated carbocycles. The van der Waals surface area contributed by atoms with E-state index in [1.165, 1.54) is 16.9 Å². The van der Waals surface area contributed by atoms with E-state index in [1.54, 1.807) is 0 Å². The summed E-state index contributed by atoms with van der Waals surface area (Å²) in [7, 11) is 0. The Morgan fingerprint density at radius 2 is 2.06 bits per heavy atom. The zero-order chi connectivity index (χ0) is 12.3. The molecule has 88 valence electrons. The van der Waals surface area contributed by atoms with Gasteiger partial charge in [0.2, 0.25) is 0 Å². The first-order chi connectivity index (χ1) is 8.13. The van der Waals surface area contributed by atoms with E-state index in [1.807, 2.05) is 29.6 Å². The number of rotatable bonds is 4. The predicted molar refractivity (Wildman–Crippen MR) is 70.4 cm³/mol. The van der Waals surface area contributed by atoms with Crippen molar-refractivity contribution in [3.63, 3.8) is 0 Å². The maximum Gasteiger partial charge on any atom is 0.309 e. The number of carboxylic acid groups (broad SMARTS) is 1. The number of carbonyl (C=O) groups is 1. The van der Waals surface area contributed by atoms with Gasteiger partial charge in [-0.2, -0.15) is 0 Å². The number of hydrogen-bond donors (Lipinski definition) is 1. The highest BCUT2D eigenvalue weighted by Crippen LogP contribution is 2.17. The van der Waals surface area contributed by atoms with E-state index in [0.29, 0.717) is 5.69 Å². The highest BCUT2D eigenvalue weighted by Gasteiger charge is 2.06. The summed E-state index contributed by atoms with van der Waals surface area (Å²) >= 11 is 4.89. The molecule has 1 heterocycles. The summed E-state index contributed by atoms with van der Waals surface area (Å²) in [6, 6.07) is 8.03. The zero-order valence-electron chi connectivity index (χ0n) is 8.89. The molecular formula is C12H10BrNO2S. The van der Waals surface area contributed by atoms with E-state index in [9.17, 15) is 4.79 Å². The molecule has 2 aromatic rings. The van der Waals surface area contributed by atoms with Crippen molar-refractivity contribution in [1.82, 2.24) is 4.98 Å². The number of hydrogen-bond acceptors (Lipinski definition) is 3. The van der Waals surface area contributed by atoms with Crippen molar-refractivity contribution in [3.8, 4) is 0 Å². The van der Waals surface area contributed by atoms with Crippen molar-refractivity contribution in [2.75, 3.05) is 0 Å². The Morgan fingerprint density at radius 3 is 2.71 bits per heavy atom. The van der Waals surface area contributed by atoms with Gasteiger partial charge >= 0.3 is 5.97 Å². The van der Waals surface area contributed by atoms with Gasteiger partial charge in [0.15, 0.2) is 0 Å². The van der Waals surface area contributed by atoms with E-state index < -0.39 is 5.97 Å². The van der Waals surface area contributed by atoms with Crippen molar-refractivity contribution >= 4 is 33.2 Å². The van der Waals surface area contributed by atoms with Crippen molar-refractivity contribution in [3.05, 3.63) is 50.4 Å². The quantitative estimate of drug-likeness (QED) is 0.943. The van der Waals surface area contributed by atoms with Gasteiger partial charge in [-0.05, 0) is 17.7 Å². The highest BCUT2D eigenvalue weighted by molar-refractivity contribution is 9.10. The van der Waals surface area contributed by atoms with Gasteiger partial charge in [-0.1, -0.05) is 28.1 Å². The first-order valence-electron chi connectivity index (χ1n) is 5.03. The third kappa shape index (κ3) is 3.64. The molecule has 0 unspecified atom stereocenters. The van der Waals surface area contributed by atoms with Gasteiger partial charge in [0, 0.05) is 16.3 Å². The Labute approximate surface area is 111 Å². The third-order valence-corrected chi connectivity index (χ3v) is 3.63. The predicted octanol–water partition coefficient (Wildman–Crippen LogP) is 3.12. The molecule has 17 heavy (non-hydrogen) atoms. The summed E-state index contributed by atoms with van der Waals surface area (Å²) in [6.45, 7) is 0. The normalized spacial score (nSPS) is 10.4. The molecule has 0 saturated heterocycles. The Morgan fingerprint density at radius 1 is 1.35 bits per heavy atom. The molecule has 5 heteroatoms. The number of benzene rings is 1. The number of halogens is 1. The standard InChI is InChI=1S/C12H10BrNO2S/c13-9-3-1-8(2-4-9)5-11-14-10(7-17-11)6-12(15)16/h1-4,7H,5-6H2,(H,15,16). The van der Waals surface area contributed by atoms with Crippen LogP contribution in [-0.4, -0.2) is 16.1 Å². The third-order valence-electron chi connectivity index (χ3n) is 2.20. The van der Waals surface area contributed by atoms with Crippen LogP contribution in [0.2, 0.25) is 0 Å². The lowest BCUT2D eigenvalue weighted by Crippen LogP contribution is -2.00. The second kappa shape index (κ2) is 5.42. The molecule has 1 aromatic heterocycles. The van der Waals surface area contributed by atoms with Gasteiger partial charge in [-0.25, -0.2) is 4.98 Å². The Kier molecular flexibility index (Phi) is 3.91. The summed E-state index contributed by atoms with van der Waals surface area (Å²) < 4.78 is 1.05. The van der Waals surface area contributed by atoms with E-state index in [4.69, 9.17) is 5.11 Å². The van der Waals surface area contributed by atoms with Crippen molar-refractivity contribution in [1.29, 1.82) is 0 Å². The molecule has 0 aliphatic carbocycles. The van der Waals surface area contributed by atoms with Crippen LogP contribution in [-0.2, 0) is 17.6 Å². The fourth-order valence-corrected chi connectivity index (χ4v) is 2.54. The van der Waals surface area contributed by atoms with Crippen LogP contribution < -0.4 is 0 Å². The minimum Gasteiger partial charge on any atom is -0.481 e. The molecule has 3 nitrogen and oxygen atoms in total. The molecule has 0 radical (unpaired) electrons. The first kappa shape index (κ1) is 12.3. The molecule has 0 bridgehead atoms. The van der Waals surface area contributed by atoms with Crippen LogP contribution in [0.4, 0.5) is 0 Å². The maximum absolute atomic E-state index is 10.5. The Bertz CT molecular complexity index is 522. The monoisotopic (exact) mass is 311 g/mol. The van der Waals surface area contributed by atoms with E-state index >= 15 is 0 Å². The van der Waals surface area contributed by atoms with Gasteiger partial charge < -0.3 is 5.11 Å². The first-order valence-corrected chi connectivity index (χ1v) is 6.70. The molecular weight excluding hydrogens is 302 g/mol. The fourth-order valence-electron chi connectivity index (χ4n) is 1.44. The maximum atomic E-state index is 10.5. The number of nitrogens with zero attached hydrogens (tertiary/aromatic N) is 1. The van der Waals surface area contributed by atoms with Crippen LogP contribution in [0, 0.1) is 0 Å². The van der Waals surface area contributed by atoms with Gasteiger partial charge in [-0.3, -0.25) is 4.79 Å². The van der Waals surface area contributed by atoms with Crippen molar-refractivity contribution < 1.29 is 9.90 Å². The molecule has 2 rings (SSSR count). The second-order valence-corrected chi connectivity index (χ2v) is 5.46. The van der Waals surface area contributed by atoms with Crippen LogP contribution in [0.15, 0.2) is 34.1 Å². The van der Waals surface area contributed by atoms with Crippen LogP contribution in [0.25, 0.3) is 0 Å². The second-order valence-electron chi connectivity index (χ2n) is 3.61. The Hall–Kier alpha value is -1.20. The molecule has 1 N–H and O–H groups in total. The van der Waals surface area contributed by atoms with Gasteiger partial charge in [-0.15, -0.1) is 11.3 Å². The summed E-state index contributed by atoms with van der Waals surface area (Å²) in [5.74, 6) is -0.842. The lowest BCUT2D eigenvalue weighted by atomic mass is 10.2. The smallest absolute Gasteiger partial charge is 0.309 e. The van der Waals surface area contributed by atoms with Gasteiger partial charge in [0.25, 0.3) is 0 Å². The molecule has 0 atom stereocenters. The van der Waals surface area contributed by atoms with Crippen molar-refractivity contribution in [2.24, 2.45) is 0 Å². The zero-order valence-corrected chi connectivity index (χ0v) is 11.3. The summed E-state index contributed by atoms with van der Waals surface area (Å²) in [6.07, 6.45) is 0.744. The topological polar surface area (TPSA) is 50.2 Å². The van der Waals surface area contributed by atoms with Crippen LogP contribution >= 0.6 is 27.3 Å². The minimum absolute atomic E-state index is 0.00314. The lowest BCUT2D eigenvalue weighted by Gasteiger charge is -1.97.